The number of aromatic nitrogens is 5. The molecule has 53 heavy (non-hydrogen) atoms. The molecule has 2 aromatic heterocycles. The summed E-state index contributed by atoms with van der Waals surface area (Å²) >= 11 is 0. The molecular weight excluding hydrogens is 674 g/mol. The van der Waals surface area contributed by atoms with Crippen molar-refractivity contribution in [3.05, 3.63) is 72.4 Å². The molecule has 0 unspecified atom stereocenters. The van der Waals surface area contributed by atoms with Gasteiger partial charge in [-0.3, -0.25) is 9.59 Å². The van der Waals surface area contributed by atoms with Crippen molar-refractivity contribution in [1.82, 2.24) is 41.1 Å². The van der Waals surface area contributed by atoms with E-state index in [1.807, 2.05) is 71.3 Å². The van der Waals surface area contributed by atoms with E-state index in [0.29, 0.717) is 49.8 Å². The number of tetrazole rings is 1. The highest BCUT2D eigenvalue weighted by Crippen LogP contribution is 2.29. The van der Waals surface area contributed by atoms with Gasteiger partial charge in [0.2, 0.25) is 23.5 Å². The van der Waals surface area contributed by atoms with Crippen molar-refractivity contribution in [3.63, 3.8) is 0 Å². The molecule has 1 aliphatic rings. The van der Waals surface area contributed by atoms with Crippen molar-refractivity contribution in [1.29, 1.82) is 0 Å². The zero-order valence-electron chi connectivity index (χ0n) is 31.2. The predicted octanol–water partition coefficient (Wildman–Crippen LogP) is 5.26. The smallest absolute Gasteiger partial charge is 0.407 e. The maximum atomic E-state index is 13.8. The van der Waals surface area contributed by atoms with Crippen LogP contribution in [0.15, 0.2) is 66.9 Å². The van der Waals surface area contributed by atoms with Gasteiger partial charge < -0.3 is 30.3 Å². The molecule has 3 amide bonds. The lowest BCUT2D eigenvalue weighted by Gasteiger charge is -2.29. The highest BCUT2D eigenvalue weighted by molar-refractivity contribution is 5.97. The van der Waals surface area contributed by atoms with Gasteiger partial charge in [-0.2, -0.15) is 5.21 Å². The number of amides is 3. The number of hydrogen-bond donors (Lipinski definition) is 4. The SMILES string of the molecule is CN(C)CCCOc1ccc(-c2ccc(C[C@H](NC(=O)C3CCC(CNC(=O)OC(C)(C)C)CC3)C(=O)Nc3ccc(-c4nn[nH]n4)cc3)cc2)cn1. The lowest BCUT2D eigenvalue weighted by molar-refractivity contribution is -0.130. The van der Waals surface area contributed by atoms with E-state index in [9.17, 15) is 14.4 Å². The molecular formula is C39H51N9O5. The number of ether oxygens (including phenoxy) is 2. The van der Waals surface area contributed by atoms with Gasteiger partial charge in [-0.05, 0) is 120 Å². The third-order valence-corrected chi connectivity index (χ3v) is 9.00. The lowest BCUT2D eigenvalue weighted by atomic mass is 9.81. The van der Waals surface area contributed by atoms with Gasteiger partial charge >= 0.3 is 6.09 Å². The maximum absolute atomic E-state index is 13.8. The summed E-state index contributed by atoms with van der Waals surface area (Å²) in [4.78, 5) is 46.1. The van der Waals surface area contributed by atoms with Gasteiger partial charge in [0.25, 0.3) is 0 Å². The maximum Gasteiger partial charge on any atom is 0.407 e. The van der Waals surface area contributed by atoms with Gasteiger partial charge in [-0.1, -0.05) is 24.3 Å². The van der Waals surface area contributed by atoms with Gasteiger partial charge in [-0.15, -0.1) is 10.2 Å². The molecule has 1 atom stereocenters. The number of rotatable bonds is 15. The van der Waals surface area contributed by atoms with Crippen LogP contribution in [0.3, 0.4) is 0 Å². The van der Waals surface area contributed by atoms with Gasteiger partial charge in [0.15, 0.2) is 0 Å². The molecule has 0 aliphatic heterocycles. The van der Waals surface area contributed by atoms with Crippen molar-refractivity contribution in [2.24, 2.45) is 11.8 Å². The third kappa shape index (κ3) is 12.4. The predicted molar refractivity (Wildman–Crippen MR) is 202 cm³/mol. The molecule has 2 aromatic carbocycles. The Hall–Kier alpha value is -5.37. The summed E-state index contributed by atoms with van der Waals surface area (Å²) in [5.74, 6) is 0.587. The monoisotopic (exact) mass is 725 g/mol. The summed E-state index contributed by atoms with van der Waals surface area (Å²) in [7, 11) is 4.07. The van der Waals surface area contributed by atoms with E-state index in [0.717, 1.165) is 48.1 Å². The quantitative estimate of drug-likeness (QED) is 0.118. The average molecular weight is 726 g/mol. The van der Waals surface area contributed by atoms with E-state index in [2.05, 4.69) is 46.5 Å². The van der Waals surface area contributed by atoms with Crippen LogP contribution in [-0.2, 0) is 20.7 Å². The molecule has 14 nitrogen and oxygen atoms in total. The Kier molecular flexibility index (Phi) is 13.5. The zero-order valence-corrected chi connectivity index (χ0v) is 31.2. The van der Waals surface area contributed by atoms with E-state index in [1.165, 1.54) is 0 Å². The highest BCUT2D eigenvalue weighted by Gasteiger charge is 2.30. The Balaban J connectivity index is 1.21. The standard InChI is InChI=1S/C39H51N9O5/c1-39(2,3)53-38(51)41-24-27-9-13-30(14-10-27)36(49)43-33(37(50)42-32-18-15-29(16-19-32)35-44-46-47-45-35)23-26-7-11-28(12-8-26)31-17-20-34(40-25-31)52-22-6-21-48(4)5/h7-8,11-12,15-20,25,27,30,33H,6,9-10,13-14,21-24H2,1-5H3,(H,41,51)(H,42,50)(H,43,49)(H,44,45,46,47)/t27?,30?,33-/m0/s1. The number of carbonyl (C=O) groups is 3. The number of nitrogens with zero attached hydrogens (tertiary/aromatic N) is 5. The van der Waals surface area contributed by atoms with Crippen LogP contribution in [0.4, 0.5) is 10.5 Å². The Morgan fingerprint density at radius 1 is 0.925 bits per heavy atom. The van der Waals surface area contributed by atoms with Crippen molar-refractivity contribution in [2.75, 3.05) is 39.1 Å². The van der Waals surface area contributed by atoms with Gasteiger partial charge in [0.05, 0.1) is 6.61 Å². The fourth-order valence-corrected chi connectivity index (χ4v) is 6.15. The van der Waals surface area contributed by atoms with Gasteiger partial charge in [0, 0.05) is 54.5 Å². The molecule has 282 valence electrons. The number of alkyl carbamates (subject to hydrolysis) is 1. The number of carbonyl (C=O) groups excluding carboxylic acids is 3. The molecule has 2 heterocycles. The van der Waals surface area contributed by atoms with E-state index < -0.39 is 17.7 Å². The molecule has 4 N–H and O–H groups in total. The van der Waals surface area contributed by atoms with Crippen molar-refractivity contribution < 1.29 is 23.9 Å². The summed E-state index contributed by atoms with van der Waals surface area (Å²) in [6.07, 6.45) is 5.48. The molecule has 0 spiro atoms. The normalized spacial score (nSPS) is 16.4. The summed E-state index contributed by atoms with van der Waals surface area (Å²) in [5, 5.41) is 22.9. The summed E-state index contributed by atoms with van der Waals surface area (Å²) in [6.45, 7) is 7.54. The van der Waals surface area contributed by atoms with Crippen molar-refractivity contribution in [3.8, 4) is 28.4 Å². The minimum atomic E-state index is -0.817. The van der Waals surface area contributed by atoms with Gasteiger partial charge in [0.1, 0.15) is 11.6 Å². The molecule has 1 fully saturated rings. The molecule has 14 heteroatoms. The second-order valence-electron chi connectivity index (χ2n) is 14.8. The number of anilines is 1. The van der Waals surface area contributed by atoms with Crippen LogP contribution < -0.4 is 20.7 Å². The molecule has 0 radical (unpaired) electrons. The zero-order chi connectivity index (χ0) is 37.8. The van der Waals surface area contributed by atoms with Crippen LogP contribution in [0.25, 0.3) is 22.5 Å². The highest BCUT2D eigenvalue weighted by atomic mass is 16.6. The van der Waals surface area contributed by atoms with E-state index in [1.54, 1.807) is 30.5 Å². The fourth-order valence-electron chi connectivity index (χ4n) is 6.15. The summed E-state index contributed by atoms with van der Waals surface area (Å²) in [5.41, 5.74) is 3.58. The number of benzene rings is 2. The van der Waals surface area contributed by atoms with Crippen LogP contribution in [0, 0.1) is 11.8 Å². The third-order valence-electron chi connectivity index (χ3n) is 9.00. The second-order valence-corrected chi connectivity index (χ2v) is 14.8. The molecule has 0 bridgehead atoms. The first-order chi connectivity index (χ1) is 25.4. The van der Waals surface area contributed by atoms with Crippen LogP contribution in [0.5, 0.6) is 5.88 Å². The molecule has 0 saturated heterocycles. The number of aromatic amines is 1. The first-order valence-electron chi connectivity index (χ1n) is 18.2. The van der Waals surface area contributed by atoms with Crippen LogP contribution >= 0.6 is 0 Å². The first kappa shape index (κ1) is 38.9. The minimum Gasteiger partial charge on any atom is -0.478 e. The molecule has 4 aromatic rings. The van der Waals surface area contributed by atoms with E-state index in [4.69, 9.17) is 9.47 Å². The Bertz CT molecular complexity index is 1750. The number of H-pyrrole nitrogens is 1. The minimum absolute atomic E-state index is 0.150. The van der Waals surface area contributed by atoms with E-state index >= 15 is 0 Å². The van der Waals surface area contributed by atoms with Crippen LogP contribution in [0.2, 0.25) is 0 Å². The fraction of sp³-hybridized carbons (Fsp3) is 0.462. The largest absolute Gasteiger partial charge is 0.478 e. The van der Waals surface area contributed by atoms with Crippen LogP contribution in [0.1, 0.15) is 58.4 Å². The Labute approximate surface area is 310 Å². The van der Waals surface area contributed by atoms with Gasteiger partial charge in [-0.25, -0.2) is 9.78 Å². The lowest BCUT2D eigenvalue weighted by Crippen LogP contribution is -2.48. The Morgan fingerprint density at radius 3 is 2.25 bits per heavy atom. The number of pyridine rings is 1. The summed E-state index contributed by atoms with van der Waals surface area (Å²) < 4.78 is 11.1. The average Bonchev–Trinajstić information content (AvgIpc) is 3.68. The number of nitrogens with one attached hydrogen (secondary N) is 4. The van der Waals surface area contributed by atoms with Crippen LogP contribution in [-0.4, -0.2) is 93.9 Å². The topological polar surface area (TPSA) is 176 Å². The summed E-state index contributed by atoms with van der Waals surface area (Å²) in [6, 6.07) is 18.1. The molecule has 5 rings (SSSR count). The number of hydrogen-bond acceptors (Lipinski definition) is 10. The Morgan fingerprint density at radius 2 is 1.62 bits per heavy atom. The molecule has 1 saturated carbocycles. The van der Waals surface area contributed by atoms with E-state index in [-0.39, 0.29) is 23.7 Å². The molecule has 1 aliphatic carbocycles. The first-order valence-corrected chi connectivity index (χ1v) is 18.2. The second kappa shape index (κ2) is 18.4. The van der Waals surface area contributed by atoms with Crippen molar-refractivity contribution in [2.45, 2.75) is 70.9 Å². The van der Waals surface area contributed by atoms with Crippen molar-refractivity contribution >= 4 is 23.6 Å².